The maximum atomic E-state index is 12.4. The first kappa shape index (κ1) is 21.2. The molecule has 0 saturated heterocycles. The van der Waals surface area contributed by atoms with E-state index >= 15 is 0 Å². The Balaban J connectivity index is 1.41. The van der Waals surface area contributed by atoms with Gasteiger partial charge in [0, 0.05) is 10.0 Å². The predicted octanol–water partition coefficient (Wildman–Crippen LogP) is 6.22. The lowest BCUT2D eigenvalue weighted by Crippen LogP contribution is -2.19. The van der Waals surface area contributed by atoms with Crippen molar-refractivity contribution in [3.8, 4) is 17.1 Å². The van der Waals surface area contributed by atoms with Crippen molar-refractivity contribution in [1.29, 1.82) is 0 Å². The molecule has 4 rings (SSSR count). The highest BCUT2D eigenvalue weighted by molar-refractivity contribution is 9.10. The number of furan rings is 1. The highest BCUT2D eigenvalue weighted by atomic mass is 79.9. The number of hydrogen-bond acceptors (Lipinski definition) is 4. The molecule has 0 unspecified atom stereocenters. The molecular weight excluding hydrogens is 480 g/mol. The number of ether oxygens (including phenoxy) is 1. The van der Waals surface area contributed by atoms with Crippen LogP contribution in [0.2, 0.25) is 5.02 Å². The minimum absolute atomic E-state index is 0.211. The summed E-state index contributed by atoms with van der Waals surface area (Å²) in [7, 11) is 1.57. The first-order chi connectivity index (χ1) is 15.0. The lowest BCUT2D eigenvalue weighted by atomic mass is 10.0. The Hall–Kier alpha value is -3.09. The van der Waals surface area contributed by atoms with Gasteiger partial charge < -0.3 is 9.15 Å². The fourth-order valence-electron chi connectivity index (χ4n) is 3.26. The zero-order valence-electron chi connectivity index (χ0n) is 16.6. The number of carbonyl (C=O) groups excluding carboxylic acids is 1. The number of nitrogens with one attached hydrogen (secondary N) is 1. The lowest BCUT2D eigenvalue weighted by Gasteiger charge is -2.07. The predicted molar refractivity (Wildman–Crippen MR) is 127 cm³/mol. The summed E-state index contributed by atoms with van der Waals surface area (Å²) in [5, 5.41) is 6.61. The Morgan fingerprint density at radius 3 is 2.71 bits per heavy atom. The zero-order chi connectivity index (χ0) is 21.8. The Kier molecular flexibility index (Phi) is 6.39. The van der Waals surface area contributed by atoms with Crippen molar-refractivity contribution >= 4 is 50.4 Å². The number of nitrogens with zero attached hydrogens (tertiary/aromatic N) is 1. The van der Waals surface area contributed by atoms with Gasteiger partial charge in [0.25, 0.3) is 0 Å². The van der Waals surface area contributed by atoms with Gasteiger partial charge in [0.05, 0.1) is 24.8 Å². The van der Waals surface area contributed by atoms with E-state index in [1.54, 1.807) is 25.3 Å². The number of methoxy groups -OCH3 is 1. The summed E-state index contributed by atoms with van der Waals surface area (Å²) in [5.74, 6) is 1.53. The highest BCUT2D eigenvalue weighted by Gasteiger charge is 2.09. The van der Waals surface area contributed by atoms with Gasteiger partial charge in [0.1, 0.15) is 17.3 Å². The number of hydrogen-bond donors (Lipinski definition) is 1. The average molecular weight is 498 g/mol. The molecule has 7 heteroatoms. The largest absolute Gasteiger partial charge is 0.495 e. The number of fused-ring (bicyclic) bond motifs is 1. The minimum atomic E-state index is -0.211. The van der Waals surface area contributed by atoms with Gasteiger partial charge >= 0.3 is 0 Å². The topological polar surface area (TPSA) is 63.8 Å². The van der Waals surface area contributed by atoms with Crippen LogP contribution < -0.4 is 10.2 Å². The van der Waals surface area contributed by atoms with Crippen molar-refractivity contribution in [2.24, 2.45) is 5.10 Å². The van der Waals surface area contributed by atoms with Crippen molar-refractivity contribution in [3.05, 3.63) is 87.5 Å². The highest BCUT2D eigenvalue weighted by Crippen LogP contribution is 2.31. The molecule has 1 heterocycles. The maximum absolute atomic E-state index is 12.4. The molecule has 0 spiro atoms. The number of rotatable bonds is 6. The molecule has 3 aromatic carbocycles. The lowest BCUT2D eigenvalue weighted by molar-refractivity contribution is -0.120. The minimum Gasteiger partial charge on any atom is -0.495 e. The second-order valence-electron chi connectivity index (χ2n) is 6.77. The first-order valence-electron chi connectivity index (χ1n) is 9.47. The van der Waals surface area contributed by atoms with Crippen LogP contribution in [-0.4, -0.2) is 19.2 Å². The van der Waals surface area contributed by atoms with Gasteiger partial charge in [0.15, 0.2) is 0 Å². The van der Waals surface area contributed by atoms with E-state index in [2.05, 4.69) is 26.5 Å². The van der Waals surface area contributed by atoms with Crippen LogP contribution >= 0.6 is 27.5 Å². The van der Waals surface area contributed by atoms with E-state index in [0.717, 1.165) is 26.4 Å². The second-order valence-corrected chi connectivity index (χ2v) is 8.03. The number of hydrazone groups is 1. The Labute approximate surface area is 192 Å². The van der Waals surface area contributed by atoms with Crippen LogP contribution in [0.4, 0.5) is 0 Å². The van der Waals surface area contributed by atoms with E-state index in [0.29, 0.717) is 22.3 Å². The maximum Gasteiger partial charge on any atom is 0.244 e. The van der Waals surface area contributed by atoms with E-state index in [-0.39, 0.29) is 12.3 Å². The van der Waals surface area contributed by atoms with Gasteiger partial charge in [0.2, 0.25) is 5.91 Å². The third kappa shape index (κ3) is 4.81. The molecule has 0 radical (unpaired) electrons. The summed E-state index contributed by atoms with van der Waals surface area (Å²) >= 11 is 9.72. The van der Waals surface area contributed by atoms with Crippen molar-refractivity contribution in [2.45, 2.75) is 6.42 Å². The van der Waals surface area contributed by atoms with E-state index in [1.165, 1.54) is 6.21 Å². The number of amides is 1. The molecule has 156 valence electrons. The molecule has 0 aliphatic carbocycles. The SMILES string of the molecule is COc1ccc(-c2ccc(/C=N\NC(=O)Cc3ccc(Br)c4ccccc34)o2)cc1Cl. The Morgan fingerprint density at radius 1 is 1.13 bits per heavy atom. The van der Waals surface area contributed by atoms with E-state index in [9.17, 15) is 4.79 Å². The van der Waals surface area contributed by atoms with Crippen LogP contribution in [-0.2, 0) is 11.2 Å². The Morgan fingerprint density at radius 2 is 1.94 bits per heavy atom. The summed E-state index contributed by atoms with van der Waals surface area (Å²) in [5.41, 5.74) is 4.30. The molecule has 0 saturated carbocycles. The van der Waals surface area contributed by atoms with Crippen LogP contribution in [0.1, 0.15) is 11.3 Å². The molecule has 0 aliphatic rings. The summed E-state index contributed by atoms with van der Waals surface area (Å²) < 4.78 is 11.9. The smallest absolute Gasteiger partial charge is 0.244 e. The molecule has 1 aromatic heterocycles. The molecule has 1 N–H and O–H groups in total. The molecule has 0 fully saturated rings. The van der Waals surface area contributed by atoms with Crippen LogP contribution in [0.5, 0.6) is 5.75 Å². The molecule has 1 amide bonds. The fraction of sp³-hybridized carbons (Fsp3) is 0.0833. The normalized spacial score (nSPS) is 11.2. The van der Waals surface area contributed by atoms with Crippen molar-refractivity contribution in [1.82, 2.24) is 5.43 Å². The molecule has 0 atom stereocenters. The number of benzene rings is 3. The third-order valence-corrected chi connectivity index (χ3v) is 5.74. The van der Waals surface area contributed by atoms with Gasteiger partial charge in [-0.15, -0.1) is 0 Å². The van der Waals surface area contributed by atoms with Gasteiger partial charge in [-0.3, -0.25) is 4.79 Å². The fourth-order valence-corrected chi connectivity index (χ4v) is 3.99. The van der Waals surface area contributed by atoms with Crippen molar-refractivity contribution in [2.75, 3.05) is 7.11 Å². The van der Waals surface area contributed by atoms with Crippen LogP contribution in [0.25, 0.3) is 22.1 Å². The number of halogens is 2. The van der Waals surface area contributed by atoms with Gasteiger partial charge in [-0.05, 0) is 52.7 Å². The first-order valence-corrected chi connectivity index (χ1v) is 10.6. The number of carbonyl (C=O) groups is 1. The molecular formula is C24H18BrClN2O3. The van der Waals surface area contributed by atoms with E-state index in [4.69, 9.17) is 20.8 Å². The molecule has 31 heavy (non-hydrogen) atoms. The van der Waals surface area contributed by atoms with Crippen molar-refractivity contribution < 1.29 is 13.9 Å². The summed E-state index contributed by atoms with van der Waals surface area (Å²) in [6, 6.07) is 20.8. The molecule has 0 aliphatic heterocycles. The summed E-state index contributed by atoms with van der Waals surface area (Å²) in [4.78, 5) is 12.4. The molecule has 5 nitrogen and oxygen atoms in total. The van der Waals surface area contributed by atoms with Crippen LogP contribution in [0.15, 0.2) is 80.7 Å². The van der Waals surface area contributed by atoms with E-state index < -0.39 is 0 Å². The van der Waals surface area contributed by atoms with Crippen molar-refractivity contribution in [3.63, 3.8) is 0 Å². The Bertz CT molecular complexity index is 1280. The van der Waals surface area contributed by atoms with Crippen LogP contribution in [0, 0.1) is 0 Å². The van der Waals surface area contributed by atoms with E-state index in [1.807, 2.05) is 48.5 Å². The standard InChI is InChI=1S/C24H18BrClN2O3/c1-30-23-10-7-16(12-21(23)26)22-11-8-17(31-22)14-27-28-24(29)13-15-6-9-20(25)19-5-3-2-4-18(15)19/h2-12,14H,13H2,1H3,(H,28,29)/b27-14-. The molecule has 4 aromatic rings. The van der Waals surface area contributed by atoms with Gasteiger partial charge in [-0.25, -0.2) is 5.43 Å². The summed E-state index contributed by atoms with van der Waals surface area (Å²) in [6.45, 7) is 0. The van der Waals surface area contributed by atoms with Gasteiger partial charge in [-0.2, -0.15) is 5.10 Å². The third-order valence-electron chi connectivity index (χ3n) is 4.76. The van der Waals surface area contributed by atoms with Crippen LogP contribution in [0.3, 0.4) is 0 Å². The van der Waals surface area contributed by atoms with Gasteiger partial charge in [-0.1, -0.05) is 57.9 Å². The quantitative estimate of drug-likeness (QED) is 0.254. The monoisotopic (exact) mass is 496 g/mol. The summed E-state index contributed by atoms with van der Waals surface area (Å²) in [6.07, 6.45) is 1.69. The average Bonchev–Trinajstić information content (AvgIpc) is 3.25. The molecule has 0 bridgehead atoms. The zero-order valence-corrected chi connectivity index (χ0v) is 18.9. The second kappa shape index (κ2) is 9.37.